The molecule has 0 saturated carbocycles. The van der Waals surface area contributed by atoms with Crippen LogP contribution in [0, 0.1) is 0 Å². The predicted molar refractivity (Wildman–Crippen MR) is 71.6 cm³/mol. The number of hydrogen-bond donors (Lipinski definition) is 1. The molecule has 1 fully saturated rings. The van der Waals surface area contributed by atoms with Crippen molar-refractivity contribution in [3.8, 4) is 16.9 Å². The van der Waals surface area contributed by atoms with Gasteiger partial charge in [0.05, 0.1) is 12.2 Å². The van der Waals surface area contributed by atoms with E-state index in [2.05, 4.69) is 19.1 Å². The van der Waals surface area contributed by atoms with Gasteiger partial charge in [-0.2, -0.15) is 0 Å². The van der Waals surface area contributed by atoms with Crippen LogP contribution in [0.15, 0.2) is 48.5 Å². The number of epoxide rings is 1. The molecule has 92 valence electrons. The molecule has 0 spiro atoms. The predicted octanol–water partition coefficient (Wildman–Crippen LogP) is 3.39. The topological polar surface area (TPSA) is 32.8 Å². The average Bonchev–Trinajstić information content (AvgIpc) is 3.08. The largest absolute Gasteiger partial charge is 0.508 e. The smallest absolute Gasteiger partial charge is 0.115 e. The second kappa shape index (κ2) is 4.14. The minimum Gasteiger partial charge on any atom is -0.508 e. The van der Waals surface area contributed by atoms with E-state index in [-0.39, 0.29) is 5.60 Å². The lowest BCUT2D eigenvalue weighted by Gasteiger charge is -2.12. The van der Waals surface area contributed by atoms with Gasteiger partial charge in [-0.1, -0.05) is 36.4 Å². The summed E-state index contributed by atoms with van der Waals surface area (Å²) in [6, 6.07) is 15.8. The van der Waals surface area contributed by atoms with Crippen LogP contribution in [0.25, 0.3) is 11.1 Å². The maximum atomic E-state index is 9.66. The van der Waals surface area contributed by atoms with Crippen LogP contribution in [0.1, 0.15) is 12.5 Å². The summed E-state index contributed by atoms with van der Waals surface area (Å²) in [4.78, 5) is 0. The maximum absolute atomic E-state index is 9.66. The first-order valence-electron chi connectivity index (χ1n) is 6.18. The van der Waals surface area contributed by atoms with E-state index in [4.69, 9.17) is 4.74 Å². The third-order valence-corrected chi connectivity index (χ3v) is 3.38. The summed E-state index contributed by atoms with van der Waals surface area (Å²) >= 11 is 0. The third kappa shape index (κ3) is 2.24. The van der Waals surface area contributed by atoms with E-state index in [1.54, 1.807) is 6.07 Å². The highest BCUT2D eigenvalue weighted by Gasteiger charge is 2.39. The minimum absolute atomic E-state index is 0.0443. The Morgan fingerprint density at radius 2 is 1.89 bits per heavy atom. The third-order valence-electron chi connectivity index (χ3n) is 3.38. The van der Waals surface area contributed by atoms with Crippen LogP contribution in [-0.4, -0.2) is 17.3 Å². The van der Waals surface area contributed by atoms with Crippen molar-refractivity contribution in [2.24, 2.45) is 0 Å². The summed E-state index contributed by atoms with van der Waals surface area (Å²) in [6.07, 6.45) is 0.839. The molecule has 0 bridgehead atoms. The molecule has 1 N–H and O–H groups in total. The van der Waals surface area contributed by atoms with E-state index in [1.165, 1.54) is 11.1 Å². The standard InChI is InChI=1S/C16H16O2/c1-16(11-18-16)10-13-9-14(17)7-8-15(13)12-5-3-2-4-6-12/h2-9,17H,10-11H2,1H3. The van der Waals surface area contributed by atoms with Crippen molar-refractivity contribution in [1.82, 2.24) is 0 Å². The summed E-state index contributed by atoms with van der Waals surface area (Å²) in [5.74, 6) is 0.314. The molecule has 0 amide bonds. The van der Waals surface area contributed by atoms with E-state index in [9.17, 15) is 5.11 Å². The fourth-order valence-corrected chi connectivity index (χ4v) is 2.25. The molecule has 0 aromatic heterocycles. The zero-order chi connectivity index (χ0) is 12.6. The molecule has 1 saturated heterocycles. The first-order chi connectivity index (χ1) is 8.66. The molecule has 2 aromatic carbocycles. The van der Waals surface area contributed by atoms with E-state index < -0.39 is 0 Å². The first-order valence-corrected chi connectivity index (χ1v) is 6.18. The molecule has 1 aliphatic rings. The van der Waals surface area contributed by atoms with Crippen LogP contribution in [-0.2, 0) is 11.2 Å². The van der Waals surface area contributed by atoms with Crippen LogP contribution in [0.2, 0.25) is 0 Å². The van der Waals surface area contributed by atoms with Gasteiger partial charge in [-0.05, 0) is 35.7 Å². The summed E-state index contributed by atoms with van der Waals surface area (Å²) in [6.45, 7) is 2.91. The molecule has 0 aliphatic carbocycles. The van der Waals surface area contributed by atoms with Crippen LogP contribution < -0.4 is 0 Å². The molecule has 1 unspecified atom stereocenters. The van der Waals surface area contributed by atoms with Crippen LogP contribution in [0.3, 0.4) is 0 Å². The van der Waals surface area contributed by atoms with Gasteiger partial charge in [0.15, 0.2) is 0 Å². The Labute approximate surface area is 107 Å². The van der Waals surface area contributed by atoms with Crippen LogP contribution in [0.5, 0.6) is 5.75 Å². The van der Waals surface area contributed by atoms with Gasteiger partial charge in [-0.3, -0.25) is 0 Å². The SMILES string of the molecule is CC1(Cc2cc(O)ccc2-c2ccccc2)CO1. The van der Waals surface area contributed by atoms with E-state index in [0.717, 1.165) is 18.6 Å². The Kier molecular flexibility index (Phi) is 2.60. The summed E-state index contributed by atoms with van der Waals surface area (Å²) in [5.41, 5.74) is 3.44. The number of benzene rings is 2. The molecule has 2 heteroatoms. The van der Waals surface area contributed by atoms with E-state index in [1.807, 2.05) is 30.3 Å². The molecule has 1 atom stereocenters. The Bertz CT molecular complexity index is 557. The molecular weight excluding hydrogens is 224 g/mol. The number of rotatable bonds is 3. The van der Waals surface area contributed by atoms with Gasteiger partial charge in [-0.25, -0.2) is 0 Å². The summed E-state index contributed by atoms with van der Waals surface area (Å²) < 4.78 is 5.45. The van der Waals surface area contributed by atoms with Gasteiger partial charge in [0.1, 0.15) is 5.75 Å². The molecule has 2 aromatic rings. The zero-order valence-corrected chi connectivity index (χ0v) is 10.4. The van der Waals surface area contributed by atoms with Gasteiger partial charge in [-0.15, -0.1) is 0 Å². The highest BCUT2D eigenvalue weighted by molar-refractivity contribution is 5.68. The second-order valence-corrected chi connectivity index (χ2v) is 5.12. The molecule has 0 radical (unpaired) electrons. The van der Waals surface area contributed by atoms with Gasteiger partial charge < -0.3 is 9.84 Å². The van der Waals surface area contributed by atoms with Crippen molar-refractivity contribution in [2.75, 3.05) is 6.61 Å². The van der Waals surface area contributed by atoms with E-state index in [0.29, 0.717) is 5.75 Å². The number of ether oxygens (including phenoxy) is 1. The van der Waals surface area contributed by atoms with Crippen LogP contribution in [0.4, 0.5) is 0 Å². The maximum Gasteiger partial charge on any atom is 0.115 e. The first kappa shape index (κ1) is 11.3. The molecule has 1 aliphatic heterocycles. The lowest BCUT2D eigenvalue weighted by Crippen LogP contribution is -2.09. The Balaban J connectivity index is 2.03. The Morgan fingerprint density at radius 1 is 1.17 bits per heavy atom. The normalized spacial score (nSPS) is 21.8. The van der Waals surface area contributed by atoms with Crippen molar-refractivity contribution in [2.45, 2.75) is 18.9 Å². The van der Waals surface area contributed by atoms with Crippen molar-refractivity contribution < 1.29 is 9.84 Å². The monoisotopic (exact) mass is 240 g/mol. The second-order valence-electron chi connectivity index (χ2n) is 5.12. The fourth-order valence-electron chi connectivity index (χ4n) is 2.25. The fraction of sp³-hybridized carbons (Fsp3) is 0.250. The average molecular weight is 240 g/mol. The van der Waals surface area contributed by atoms with Gasteiger partial charge in [0.25, 0.3) is 0 Å². The minimum atomic E-state index is -0.0443. The molecule has 1 heterocycles. The van der Waals surface area contributed by atoms with E-state index >= 15 is 0 Å². The van der Waals surface area contributed by atoms with Crippen molar-refractivity contribution in [3.05, 3.63) is 54.1 Å². The van der Waals surface area contributed by atoms with Gasteiger partial charge in [0, 0.05) is 6.42 Å². The lowest BCUT2D eigenvalue weighted by atomic mass is 9.93. The molecule has 3 rings (SSSR count). The highest BCUT2D eigenvalue weighted by Crippen LogP contribution is 2.35. The Morgan fingerprint density at radius 3 is 2.56 bits per heavy atom. The van der Waals surface area contributed by atoms with Crippen molar-refractivity contribution in [3.63, 3.8) is 0 Å². The molecular formula is C16H16O2. The number of hydrogen-bond acceptors (Lipinski definition) is 2. The number of aromatic hydroxyl groups is 1. The summed E-state index contributed by atoms with van der Waals surface area (Å²) in [5, 5.41) is 9.66. The van der Waals surface area contributed by atoms with Crippen molar-refractivity contribution >= 4 is 0 Å². The highest BCUT2D eigenvalue weighted by atomic mass is 16.6. The zero-order valence-electron chi connectivity index (χ0n) is 10.4. The van der Waals surface area contributed by atoms with Gasteiger partial charge >= 0.3 is 0 Å². The molecule has 18 heavy (non-hydrogen) atoms. The quantitative estimate of drug-likeness (QED) is 0.834. The van der Waals surface area contributed by atoms with Crippen LogP contribution >= 0.6 is 0 Å². The Hall–Kier alpha value is -1.80. The number of phenolic OH excluding ortho intramolecular Hbond substituents is 1. The summed E-state index contributed by atoms with van der Waals surface area (Å²) in [7, 11) is 0. The lowest BCUT2D eigenvalue weighted by molar-refractivity contribution is 0.322. The van der Waals surface area contributed by atoms with Gasteiger partial charge in [0.2, 0.25) is 0 Å². The van der Waals surface area contributed by atoms with Crippen molar-refractivity contribution in [1.29, 1.82) is 0 Å². The number of phenols is 1. The molecule has 2 nitrogen and oxygen atoms in total.